The van der Waals surface area contributed by atoms with Crippen LogP contribution in [-0.4, -0.2) is 93.8 Å². The van der Waals surface area contributed by atoms with E-state index in [1.807, 2.05) is 0 Å². The second kappa shape index (κ2) is 10.2. The fourth-order valence-corrected chi connectivity index (χ4v) is 5.90. The zero-order valence-corrected chi connectivity index (χ0v) is 21.5. The molecular weight excluding hydrogens is 540 g/mol. The van der Waals surface area contributed by atoms with E-state index >= 15 is 8.78 Å². The van der Waals surface area contributed by atoms with Gasteiger partial charge in [-0.15, -0.1) is 0 Å². The summed E-state index contributed by atoms with van der Waals surface area (Å²) >= 11 is 0. The maximum absolute atomic E-state index is 15.5. The zero-order chi connectivity index (χ0) is 29.0. The molecule has 3 aliphatic rings. The number of phenols is 2. The van der Waals surface area contributed by atoms with Gasteiger partial charge in [0.05, 0.1) is 46.7 Å². The number of nitrogens with zero attached hydrogens (tertiary/aromatic N) is 2. The lowest BCUT2D eigenvalue weighted by atomic mass is 9.80. The number of carbonyl (C=O) groups is 2. The number of quaternary nitrogens is 2. The van der Waals surface area contributed by atoms with Gasteiger partial charge in [0.25, 0.3) is 0 Å². The summed E-state index contributed by atoms with van der Waals surface area (Å²) in [6.07, 6.45) is 3.05. The molecule has 0 unspecified atom stereocenters. The topological polar surface area (TPSA) is 139 Å². The Morgan fingerprint density at radius 1 is 0.575 bits per heavy atom. The van der Waals surface area contributed by atoms with Crippen LogP contribution in [0.2, 0.25) is 0 Å². The predicted molar refractivity (Wildman–Crippen MR) is 132 cm³/mol. The van der Waals surface area contributed by atoms with E-state index in [0.29, 0.717) is 26.2 Å². The summed E-state index contributed by atoms with van der Waals surface area (Å²) in [5.74, 6) is -12.9. The number of phenolic OH excluding ortho intramolecular Hbond substituents is 2. The van der Waals surface area contributed by atoms with Gasteiger partial charge in [0.2, 0.25) is 23.2 Å². The van der Waals surface area contributed by atoms with E-state index in [2.05, 4.69) is 10.6 Å². The van der Waals surface area contributed by atoms with Crippen LogP contribution >= 0.6 is 0 Å². The molecular formula is C26H30F4N4O6+2. The highest BCUT2D eigenvalue weighted by Gasteiger charge is 2.44. The summed E-state index contributed by atoms with van der Waals surface area (Å²) in [7, 11) is 0. The van der Waals surface area contributed by atoms with E-state index in [0.717, 1.165) is 25.7 Å². The SMILES string of the molecule is O=C1c2c(O)c(F)c(F)c(O)c2C(=O)c2c(NCC[N+]3(O)CCCC3)c(F)c(F)c(NCC[N+]3(O)CCCC3)c21. The maximum Gasteiger partial charge on any atom is 0.205 e. The lowest BCUT2D eigenvalue weighted by Gasteiger charge is -2.28. The molecule has 2 aromatic rings. The average Bonchev–Trinajstić information content (AvgIpc) is 3.55. The Morgan fingerprint density at radius 3 is 1.23 bits per heavy atom. The molecule has 6 N–H and O–H groups in total. The van der Waals surface area contributed by atoms with Crippen molar-refractivity contribution in [1.29, 1.82) is 0 Å². The quantitative estimate of drug-likeness (QED) is 0.138. The van der Waals surface area contributed by atoms with Crippen LogP contribution in [0.25, 0.3) is 0 Å². The number of ketones is 2. The number of carbonyl (C=O) groups excluding carboxylic acids is 2. The van der Waals surface area contributed by atoms with Crippen LogP contribution in [0.15, 0.2) is 0 Å². The minimum absolute atomic E-state index is 0.0525. The van der Waals surface area contributed by atoms with Crippen LogP contribution in [0, 0.1) is 23.3 Å². The van der Waals surface area contributed by atoms with Crippen LogP contribution in [0.3, 0.4) is 0 Å². The van der Waals surface area contributed by atoms with Crippen molar-refractivity contribution in [3.63, 3.8) is 0 Å². The van der Waals surface area contributed by atoms with E-state index in [4.69, 9.17) is 0 Å². The van der Waals surface area contributed by atoms with Crippen LogP contribution in [0.4, 0.5) is 28.9 Å². The Kier molecular flexibility index (Phi) is 7.15. The first kappa shape index (κ1) is 28.1. The summed E-state index contributed by atoms with van der Waals surface area (Å²) in [6, 6.07) is 0. The first-order chi connectivity index (χ1) is 18.9. The van der Waals surface area contributed by atoms with Gasteiger partial charge < -0.3 is 20.8 Å². The average molecular weight is 571 g/mol. The molecule has 14 heteroatoms. The summed E-state index contributed by atoms with van der Waals surface area (Å²) in [4.78, 5) is 27.2. The normalized spacial score (nSPS) is 19.1. The molecule has 5 rings (SSSR count). The van der Waals surface area contributed by atoms with Crippen molar-refractivity contribution in [2.75, 3.05) is 63.0 Å². The summed E-state index contributed by atoms with van der Waals surface area (Å²) < 4.78 is 59.0. The van der Waals surface area contributed by atoms with E-state index in [-0.39, 0.29) is 35.5 Å². The van der Waals surface area contributed by atoms with Gasteiger partial charge in [-0.3, -0.25) is 9.59 Å². The number of nitrogens with one attached hydrogen (secondary N) is 2. The van der Waals surface area contributed by atoms with Crippen LogP contribution in [-0.2, 0) is 0 Å². The first-order valence-corrected chi connectivity index (χ1v) is 13.1. The molecule has 0 aromatic heterocycles. The molecule has 2 heterocycles. The highest BCUT2D eigenvalue weighted by molar-refractivity contribution is 6.33. The molecule has 0 radical (unpaired) electrons. The van der Waals surface area contributed by atoms with E-state index in [9.17, 15) is 39.0 Å². The third-order valence-corrected chi connectivity index (χ3v) is 8.08. The number of likely N-dealkylation sites (tertiary alicyclic amines) is 2. The second-order valence-corrected chi connectivity index (χ2v) is 10.7. The lowest BCUT2D eigenvalue weighted by Crippen LogP contribution is -2.45. The molecule has 216 valence electrons. The maximum atomic E-state index is 15.5. The molecule has 2 aliphatic heterocycles. The van der Waals surface area contributed by atoms with Crippen molar-refractivity contribution in [2.24, 2.45) is 0 Å². The Balaban J connectivity index is 1.60. The summed E-state index contributed by atoms with van der Waals surface area (Å²) in [5.41, 5.74) is -5.20. The molecule has 2 aromatic carbocycles. The van der Waals surface area contributed by atoms with Crippen molar-refractivity contribution in [3.05, 3.63) is 45.5 Å². The minimum atomic E-state index is -1.99. The Bertz CT molecular complexity index is 1300. The number of aromatic hydroxyl groups is 2. The minimum Gasteiger partial charge on any atom is -0.504 e. The monoisotopic (exact) mass is 570 g/mol. The number of halogens is 4. The molecule has 1 aliphatic carbocycles. The third kappa shape index (κ3) is 4.54. The van der Waals surface area contributed by atoms with Gasteiger partial charge in [-0.1, -0.05) is 0 Å². The van der Waals surface area contributed by atoms with Crippen molar-refractivity contribution in [3.8, 4) is 11.5 Å². The Morgan fingerprint density at radius 2 is 0.900 bits per heavy atom. The molecule has 0 bridgehead atoms. The molecule has 0 saturated carbocycles. The van der Waals surface area contributed by atoms with Crippen LogP contribution in [0.5, 0.6) is 11.5 Å². The van der Waals surface area contributed by atoms with Gasteiger partial charge in [-0.25, -0.2) is 19.2 Å². The molecule has 0 amide bonds. The Labute approximate surface area is 226 Å². The van der Waals surface area contributed by atoms with Gasteiger partial charge in [0.15, 0.2) is 23.1 Å². The molecule has 10 nitrogen and oxygen atoms in total. The van der Waals surface area contributed by atoms with E-state index < -0.39 is 80.0 Å². The van der Waals surface area contributed by atoms with Crippen molar-refractivity contribution < 1.29 is 57.1 Å². The van der Waals surface area contributed by atoms with Crippen molar-refractivity contribution in [2.45, 2.75) is 25.7 Å². The first-order valence-electron chi connectivity index (χ1n) is 13.1. The third-order valence-electron chi connectivity index (χ3n) is 8.08. The van der Waals surface area contributed by atoms with Gasteiger partial charge >= 0.3 is 0 Å². The fraction of sp³-hybridized carbons (Fsp3) is 0.462. The van der Waals surface area contributed by atoms with Gasteiger partial charge in [-0.05, 0) is 0 Å². The smallest absolute Gasteiger partial charge is 0.205 e. The molecule has 0 atom stereocenters. The largest absolute Gasteiger partial charge is 0.504 e. The van der Waals surface area contributed by atoms with Gasteiger partial charge in [0.1, 0.15) is 39.3 Å². The molecule has 2 fully saturated rings. The molecule has 0 spiro atoms. The van der Waals surface area contributed by atoms with E-state index in [1.54, 1.807) is 0 Å². The predicted octanol–water partition coefficient (Wildman–Crippen LogP) is 3.25. The van der Waals surface area contributed by atoms with Crippen LogP contribution in [0.1, 0.15) is 57.5 Å². The van der Waals surface area contributed by atoms with Crippen LogP contribution < -0.4 is 10.6 Å². The number of anilines is 2. The highest BCUT2D eigenvalue weighted by atomic mass is 19.2. The number of rotatable bonds is 8. The van der Waals surface area contributed by atoms with Gasteiger partial charge in [-0.2, -0.15) is 18.1 Å². The number of fused-ring (bicyclic) bond motifs is 2. The molecule has 2 saturated heterocycles. The fourth-order valence-electron chi connectivity index (χ4n) is 5.90. The van der Waals surface area contributed by atoms with Crippen molar-refractivity contribution in [1.82, 2.24) is 0 Å². The summed E-state index contributed by atoms with van der Waals surface area (Å²) in [6.45, 7) is 1.55. The number of hydroxylamine groups is 6. The number of hydrogen-bond donors (Lipinski definition) is 6. The van der Waals surface area contributed by atoms with Crippen molar-refractivity contribution >= 4 is 22.9 Å². The second-order valence-electron chi connectivity index (χ2n) is 10.7. The van der Waals surface area contributed by atoms with E-state index in [1.165, 1.54) is 0 Å². The molecule has 40 heavy (non-hydrogen) atoms. The lowest BCUT2D eigenvalue weighted by molar-refractivity contribution is -1.09. The number of hydrogen-bond acceptors (Lipinski definition) is 8. The number of benzene rings is 2. The zero-order valence-electron chi connectivity index (χ0n) is 21.5. The standard InChI is InChI=1S/C26H28F4N4O6/c27-17-18(28)22(32-6-12-34(40)9-3-4-10-34)14-13(21(17)31-5-11-33(39)7-1-2-8-33)23(35)15-16(24(14)36)26(38)20(30)19(29)25(15)37/h39-40H,1-12H2,(H2-2,31,32,35,36,37,38)/p+2. The van der Waals surface area contributed by atoms with Gasteiger partial charge in [0, 0.05) is 25.7 Å². The highest BCUT2D eigenvalue weighted by Crippen LogP contribution is 2.46. The summed E-state index contributed by atoms with van der Waals surface area (Å²) in [5, 5.41) is 46.7. The Hall–Kier alpha value is -3.46.